The second-order valence-electron chi connectivity index (χ2n) is 4.29. The van der Waals surface area contributed by atoms with Crippen LogP contribution in [0.5, 0.6) is 5.75 Å². The van der Waals surface area contributed by atoms with Gasteiger partial charge in [0, 0.05) is 18.4 Å². The molecule has 0 saturated carbocycles. The van der Waals surface area contributed by atoms with Crippen LogP contribution in [0.2, 0.25) is 0 Å². The van der Waals surface area contributed by atoms with Gasteiger partial charge in [-0.2, -0.15) is 0 Å². The van der Waals surface area contributed by atoms with E-state index in [0.29, 0.717) is 6.42 Å². The quantitative estimate of drug-likeness (QED) is 0.936. The molecule has 0 spiro atoms. The molecule has 2 N–H and O–H groups in total. The number of pyridine rings is 1. The van der Waals surface area contributed by atoms with Crippen molar-refractivity contribution in [2.24, 2.45) is 5.73 Å². The summed E-state index contributed by atoms with van der Waals surface area (Å²) in [7, 11) is 0. The topological polar surface area (TPSA) is 48.1 Å². The van der Waals surface area contributed by atoms with Gasteiger partial charge >= 0.3 is 6.36 Å². The zero-order chi connectivity index (χ0) is 14.6. The fourth-order valence-electron chi connectivity index (χ4n) is 1.81. The molecule has 2 rings (SSSR count). The molecule has 0 radical (unpaired) electrons. The number of nitrogens with zero attached hydrogens (tertiary/aromatic N) is 1. The average Bonchev–Trinajstić information content (AvgIpc) is 2.39. The Morgan fingerprint density at radius 1 is 1.15 bits per heavy atom. The van der Waals surface area contributed by atoms with Gasteiger partial charge < -0.3 is 10.5 Å². The van der Waals surface area contributed by atoms with Crippen molar-refractivity contribution in [1.29, 1.82) is 0 Å². The van der Waals surface area contributed by atoms with Gasteiger partial charge in [-0.05, 0) is 35.7 Å². The van der Waals surface area contributed by atoms with Crippen molar-refractivity contribution in [1.82, 2.24) is 4.98 Å². The standard InChI is InChI=1S/C14H13F3N2O/c15-14(16,17)20-12-5-3-11(4-6-12)13(18)8-10-2-1-7-19-9-10/h1-7,9,13H,8,18H2. The van der Waals surface area contributed by atoms with E-state index in [0.717, 1.165) is 11.1 Å². The van der Waals surface area contributed by atoms with Crippen LogP contribution in [-0.2, 0) is 6.42 Å². The van der Waals surface area contributed by atoms with E-state index >= 15 is 0 Å². The minimum atomic E-state index is -4.68. The molecule has 0 fully saturated rings. The first kappa shape index (κ1) is 14.3. The lowest BCUT2D eigenvalue weighted by Crippen LogP contribution is -2.17. The number of rotatable bonds is 4. The van der Waals surface area contributed by atoms with Gasteiger partial charge in [0.05, 0.1) is 0 Å². The van der Waals surface area contributed by atoms with E-state index in [1.807, 2.05) is 12.1 Å². The first-order valence-corrected chi connectivity index (χ1v) is 5.94. The van der Waals surface area contributed by atoms with E-state index in [9.17, 15) is 13.2 Å². The second-order valence-corrected chi connectivity index (χ2v) is 4.29. The van der Waals surface area contributed by atoms with Gasteiger partial charge in [-0.15, -0.1) is 13.2 Å². The van der Waals surface area contributed by atoms with Crippen molar-refractivity contribution in [2.75, 3.05) is 0 Å². The Bertz CT molecular complexity index is 541. The molecular weight excluding hydrogens is 269 g/mol. The summed E-state index contributed by atoms with van der Waals surface area (Å²) in [5.41, 5.74) is 7.72. The highest BCUT2D eigenvalue weighted by molar-refractivity contribution is 5.30. The number of alkyl halides is 3. The van der Waals surface area contributed by atoms with E-state index in [1.54, 1.807) is 12.4 Å². The third-order valence-electron chi connectivity index (χ3n) is 2.72. The molecule has 0 aliphatic rings. The van der Waals surface area contributed by atoms with E-state index in [-0.39, 0.29) is 11.8 Å². The molecule has 0 aliphatic heterocycles. The van der Waals surface area contributed by atoms with Crippen LogP contribution in [-0.4, -0.2) is 11.3 Å². The summed E-state index contributed by atoms with van der Waals surface area (Å²) in [6.45, 7) is 0. The van der Waals surface area contributed by atoms with Gasteiger partial charge in [-0.3, -0.25) is 4.98 Å². The Kier molecular flexibility index (Phi) is 4.24. The second kappa shape index (κ2) is 5.92. The molecule has 0 aliphatic carbocycles. The zero-order valence-electron chi connectivity index (χ0n) is 10.5. The van der Waals surface area contributed by atoms with E-state index in [4.69, 9.17) is 5.73 Å². The highest BCUT2D eigenvalue weighted by Crippen LogP contribution is 2.24. The highest BCUT2D eigenvalue weighted by atomic mass is 19.4. The Morgan fingerprint density at radius 3 is 2.40 bits per heavy atom. The normalized spacial score (nSPS) is 13.0. The summed E-state index contributed by atoms with van der Waals surface area (Å²) in [5.74, 6) is -0.255. The summed E-state index contributed by atoms with van der Waals surface area (Å²) in [6.07, 6.45) is -0.744. The van der Waals surface area contributed by atoms with Gasteiger partial charge in [-0.25, -0.2) is 0 Å². The Morgan fingerprint density at radius 2 is 1.85 bits per heavy atom. The van der Waals surface area contributed by atoms with Crippen LogP contribution in [0, 0.1) is 0 Å². The minimum Gasteiger partial charge on any atom is -0.406 e. The van der Waals surface area contributed by atoms with Crippen molar-refractivity contribution in [2.45, 2.75) is 18.8 Å². The van der Waals surface area contributed by atoms with E-state index in [1.165, 1.54) is 24.3 Å². The third-order valence-corrected chi connectivity index (χ3v) is 2.72. The number of nitrogens with two attached hydrogens (primary N) is 1. The Labute approximate surface area is 114 Å². The number of ether oxygens (including phenoxy) is 1. The lowest BCUT2D eigenvalue weighted by molar-refractivity contribution is -0.274. The molecule has 1 atom stereocenters. The Balaban J connectivity index is 2.02. The lowest BCUT2D eigenvalue weighted by Gasteiger charge is -2.13. The molecular formula is C14H13F3N2O. The molecule has 1 heterocycles. The van der Waals surface area contributed by atoms with Crippen molar-refractivity contribution < 1.29 is 17.9 Å². The molecule has 1 aromatic heterocycles. The van der Waals surface area contributed by atoms with Gasteiger partial charge in [0.15, 0.2) is 0 Å². The number of halogens is 3. The van der Waals surface area contributed by atoms with Gasteiger partial charge in [-0.1, -0.05) is 18.2 Å². The first-order valence-electron chi connectivity index (χ1n) is 5.94. The number of hydrogen-bond donors (Lipinski definition) is 1. The molecule has 6 heteroatoms. The van der Waals surface area contributed by atoms with Crippen molar-refractivity contribution in [3.8, 4) is 5.75 Å². The summed E-state index contributed by atoms with van der Waals surface area (Å²) in [4.78, 5) is 3.99. The van der Waals surface area contributed by atoms with Crippen LogP contribution in [0.25, 0.3) is 0 Å². The molecule has 2 aromatic rings. The molecule has 1 aromatic carbocycles. The molecule has 106 valence electrons. The number of hydrogen-bond acceptors (Lipinski definition) is 3. The third kappa shape index (κ3) is 4.24. The van der Waals surface area contributed by atoms with Crippen molar-refractivity contribution in [3.05, 3.63) is 59.9 Å². The van der Waals surface area contributed by atoms with E-state index < -0.39 is 6.36 Å². The van der Waals surface area contributed by atoms with Gasteiger partial charge in [0.25, 0.3) is 0 Å². The van der Waals surface area contributed by atoms with Crippen molar-refractivity contribution >= 4 is 0 Å². The molecule has 0 bridgehead atoms. The molecule has 0 amide bonds. The fraction of sp³-hybridized carbons (Fsp3) is 0.214. The molecule has 1 unspecified atom stereocenters. The van der Waals surface area contributed by atoms with Crippen LogP contribution < -0.4 is 10.5 Å². The maximum Gasteiger partial charge on any atom is 0.573 e. The van der Waals surface area contributed by atoms with Gasteiger partial charge in [0.2, 0.25) is 0 Å². The fourth-order valence-corrected chi connectivity index (χ4v) is 1.81. The van der Waals surface area contributed by atoms with Crippen LogP contribution in [0.3, 0.4) is 0 Å². The van der Waals surface area contributed by atoms with Gasteiger partial charge in [0.1, 0.15) is 5.75 Å². The summed E-state index contributed by atoms with van der Waals surface area (Å²) in [6, 6.07) is 8.97. The SMILES string of the molecule is NC(Cc1cccnc1)c1ccc(OC(F)(F)F)cc1. The minimum absolute atomic E-state index is 0.255. The predicted molar refractivity (Wildman–Crippen MR) is 68.0 cm³/mol. The van der Waals surface area contributed by atoms with Crippen LogP contribution in [0.4, 0.5) is 13.2 Å². The first-order chi connectivity index (χ1) is 9.44. The number of benzene rings is 1. The van der Waals surface area contributed by atoms with Crippen LogP contribution in [0.15, 0.2) is 48.8 Å². The van der Waals surface area contributed by atoms with Crippen LogP contribution >= 0.6 is 0 Å². The smallest absolute Gasteiger partial charge is 0.406 e. The zero-order valence-corrected chi connectivity index (χ0v) is 10.5. The van der Waals surface area contributed by atoms with E-state index in [2.05, 4.69) is 9.72 Å². The molecule has 0 saturated heterocycles. The Hall–Kier alpha value is -2.08. The largest absolute Gasteiger partial charge is 0.573 e. The molecule has 3 nitrogen and oxygen atoms in total. The molecule has 20 heavy (non-hydrogen) atoms. The maximum absolute atomic E-state index is 12.0. The van der Waals surface area contributed by atoms with Crippen LogP contribution in [0.1, 0.15) is 17.2 Å². The summed E-state index contributed by atoms with van der Waals surface area (Å²) >= 11 is 0. The number of aromatic nitrogens is 1. The predicted octanol–water partition coefficient (Wildman–Crippen LogP) is 3.22. The monoisotopic (exact) mass is 282 g/mol. The van der Waals surface area contributed by atoms with Crippen molar-refractivity contribution in [3.63, 3.8) is 0 Å². The average molecular weight is 282 g/mol. The highest BCUT2D eigenvalue weighted by Gasteiger charge is 2.31. The maximum atomic E-state index is 12.0. The summed E-state index contributed by atoms with van der Waals surface area (Å²) < 4.78 is 39.9. The lowest BCUT2D eigenvalue weighted by atomic mass is 10.0. The summed E-state index contributed by atoms with van der Waals surface area (Å²) in [5, 5.41) is 0.